The number of aromatic nitrogens is 4. The first-order valence-corrected chi connectivity index (χ1v) is 11.1. The van der Waals surface area contributed by atoms with Gasteiger partial charge in [0.2, 0.25) is 5.91 Å². The van der Waals surface area contributed by atoms with Crippen molar-refractivity contribution >= 4 is 28.1 Å². The summed E-state index contributed by atoms with van der Waals surface area (Å²) in [5, 5.41) is 14.7. The van der Waals surface area contributed by atoms with E-state index in [2.05, 4.69) is 15.5 Å². The summed E-state index contributed by atoms with van der Waals surface area (Å²) in [7, 11) is 0. The van der Waals surface area contributed by atoms with Crippen LogP contribution in [-0.4, -0.2) is 32.0 Å². The molecule has 0 saturated carbocycles. The van der Waals surface area contributed by atoms with Crippen LogP contribution in [-0.2, 0) is 11.2 Å². The number of carbonyl (C=O) groups is 1. The molecule has 0 spiro atoms. The van der Waals surface area contributed by atoms with Gasteiger partial charge in [-0.3, -0.25) is 9.59 Å². The minimum atomic E-state index is -0.733. The Morgan fingerprint density at radius 2 is 1.87 bits per heavy atom. The van der Waals surface area contributed by atoms with E-state index in [0.717, 1.165) is 28.8 Å². The number of amides is 1. The summed E-state index contributed by atoms with van der Waals surface area (Å²) in [6.45, 7) is 7.99. The van der Waals surface area contributed by atoms with Gasteiger partial charge in [0.1, 0.15) is 6.04 Å². The second-order valence-corrected chi connectivity index (χ2v) is 8.72. The van der Waals surface area contributed by atoms with Crippen LogP contribution in [0.25, 0.3) is 16.6 Å². The maximum Gasteiger partial charge on any atom is 0.295 e. The zero-order valence-electron chi connectivity index (χ0n) is 18.0. The number of nitrogens with zero attached hydrogens (tertiary/aromatic N) is 4. The van der Waals surface area contributed by atoms with Crippen LogP contribution >= 0.6 is 11.3 Å². The van der Waals surface area contributed by atoms with Crippen LogP contribution in [0, 0.1) is 20.8 Å². The van der Waals surface area contributed by atoms with E-state index in [1.807, 2.05) is 62.5 Å². The van der Waals surface area contributed by atoms with Gasteiger partial charge in [0.05, 0.1) is 22.5 Å². The highest BCUT2D eigenvalue weighted by molar-refractivity contribution is 7.09. The Balaban J connectivity index is 1.64. The fourth-order valence-electron chi connectivity index (χ4n) is 3.67. The highest BCUT2D eigenvalue weighted by Gasteiger charge is 2.23. The van der Waals surface area contributed by atoms with Gasteiger partial charge in [0.15, 0.2) is 5.52 Å². The SMILES string of the molecule is Cc1ccc(-n2nc3c(=O)n([C@@H](C)C(=O)NCCc4cccs4)nc(C)c3c2C)cc1. The second-order valence-electron chi connectivity index (χ2n) is 7.69. The van der Waals surface area contributed by atoms with Gasteiger partial charge in [-0.2, -0.15) is 10.2 Å². The average Bonchev–Trinajstić information content (AvgIpc) is 3.39. The van der Waals surface area contributed by atoms with Gasteiger partial charge in [-0.1, -0.05) is 23.8 Å². The Kier molecular flexibility index (Phi) is 5.73. The molecule has 160 valence electrons. The van der Waals surface area contributed by atoms with E-state index >= 15 is 0 Å². The molecule has 31 heavy (non-hydrogen) atoms. The Bertz CT molecular complexity index is 1290. The number of hydrogen-bond acceptors (Lipinski definition) is 5. The molecule has 7 nitrogen and oxygen atoms in total. The van der Waals surface area contributed by atoms with Crippen molar-refractivity contribution in [3.63, 3.8) is 0 Å². The molecular weight excluding hydrogens is 410 g/mol. The van der Waals surface area contributed by atoms with Crippen molar-refractivity contribution < 1.29 is 4.79 Å². The quantitative estimate of drug-likeness (QED) is 0.503. The zero-order chi connectivity index (χ0) is 22.1. The van der Waals surface area contributed by atoms with Crippen LogP contribution in [0.5, 0.6) is 0 Å². The minimum Gasteiger partial charge on any atom is -0.354 e. The first kappa shape index (κ1) is 21.0. The number of benzene rings is 1. The second kappa shape index (κ2) is 8.47. The molecule has 0 aliphatic carbocycles. The fourth-order valence-corrected chi connectivity index (χ4v) is 4.38. The van der Waals surface area contributed by atoms with Crippen LogP contribution in [0.4, 0.5) is 0 Å². The Hall–Kier alpha value is -3.26. The summed E-state index contributed by atoms with van der Waals surface area (Å²) in [5.41, 5.74) is 3.50. The van der Waals surface area contributed by atoms with E-state index in [9.17, 15) is 9.59 Å². The fraction of sp³-hybridized carbons (Fsp3) is 0.304. The molecule has 0 radical (unpaired) electrons. The van der Waals surface area contributed by atoms with Crippen molar-refractivity contribution in [2.24, 2.45) is 0 Å². The molecule has 3 aromatic heterocycles. The highest BCUT2D eigenvalue weighted by Crippen LogP contribution is 2.22. The number of fused-ring (bicyclic) bond motifs is 1. The number of thiophene rings is 1. The van der Waals surface area contributed by atoms with E-state index in [-0.39, 0.29) is 11.5 Å². The molecule has 0 saturated heterocycles. The van der Waals surface area contributed by atoms with E-state index < -0.39 is 6.04 Å². The van der Waals surface area contributed by atoms with Crippen molar-refractivity contribution in [3.05, 3.63) is 74.0 Å². The third kappa shape index (κ3) is 4.03. The van der Waals surface area contributed by atoms with Gasteiger partial charge in [-0.05, 0) is 57.7 Å². The van der Waals surface area contributed by atoms with E-state index in [4.69, 9.17) is 0 Å². The Morgan fingerprint density at radius 1 is 1.13 bits per heavy atom. The molecular formula is C23H25N5O2S. The summed E-state index contributed by atoms with van der Waals surface area (Å²) < 4.78 is 3.00. The normalized spacial score (nSPS) is 12.3. The lowest BCUT2D eigenvalue weighted by atomic mass is 10.2. The number of aryl methyl sites for hydroxylation is 3. The topological polar surface area (TPSA) is 81.8 Å². The van der Waals surface area contributed by atoms with Crippen molar-refractivity contribution in [1.29, 1.82) is 0 Å². The van der Waals surface area contributed by atoms with Crippen molar-refractivity contribution in [2.75, 3.05) is 6.54 Å². The van der Waals surface area contributed by atoms with Crippen molar-refractivity contribution in [2.45, 2.75) is 40.2 Å². The van der Waals surface area contributed by atoms with Crippen LogP contribution in [0.2, 0.25) is 0 Å². The van der Waals surface area contributed by atoms with Gasteiger partial charge in [-0.15, -0.1) is 11.3 Å². The monoisotopic (exact) mass is 435 g/mol. The largest absolute Gasteiger partial charge is 0.354 e. The standard InChI is InChI=1S/C23H25N5O2S/c1-14-7-9-18(10-8-14)27-16(3)20-15(2)25-28(23(30)21(20)26-27)17(4)22(29)24-12-11-19-6-5-13-31-19/h5-10,13,17H,11-12H2,1-4H3,(H,24,29)/t17-/m0/s1. The number of carbonyl (C=O) groups excluding carboxylic acids is 1. The van der Waals surface area contributed by atoms with Gasteiger partial charge in [0, 0.05) is 11.4 Å². The summed E-state index contributed by atoms with van der Waals surface area (Å²) in [6.07, 6.45) is 0.761. The average molecular weight is 436 g/mol. The Labute approximate surface area is 184 Å². The summed E-state index contributed by atoms with van der Waals surface area (Å²) in [6, 6.07) is 11.3. The molecule has 8 heteroatoms. The van der Waals surface area contributed by atoms with Crippen LogP contribution in [0.1, 0.15) is 34.8 Å². The zero-order valence-corrected chi connectivity index (χ0v) is 18.9. The molecule has 1 N–H and O–H groups in total. The van der Waals surface area contributed by atoms with Gasteiger partial charge < -0.3 is 5.32 Å². The molecule has 0 bridgehead atoms. The van der Waals surface area contributed by atoms with E-state index in [0.29, 0.717) is 17.8 Å². The Morgan fingerprint density at radius 3 is 2.55 bits per heavy atom. The lowest BCUT2D eigenvalue weighted by molar-refractivity contribution is -0.124. The predicted molar refractivity (Wildman–Crippen MR) is 123 cm³/mol. The summed E-state index contributed by atoms with van der Waals surface area (Å²) >= 11 is 1.66. The molecule has 1 atom stereocenters. The van der Waals surface area contributed by atoms with E-state index in [1.54, 1.807) is 22.9 Å². The minimum absolute atomic E-state index is 0.236. The van der Waals surface area contributed by atoms with Gasteiger partial charge in [0.25, 0.3) is 5.56 Å². The first-order chi connectivity index (χ1) is 14.9. The highest BCUT2D eigenvalue weighted by atomic mass is 32.1. The molecule has 1 amide bonds. The van der Waals surface area contributed by atoms with E-state index in [1.165, 1.54) is 9.56 Å². The van der Waals surface area contributed by atoms with Crippen LogP contribution in [0.3, 0.4) is 0 Å². The molecule has 3 heterocycles. The molecule has 0 aliphatic heterocycles. The first-order valence-electron chi connectivity index (χ1n) is 10.2. The maximum atomic E-state index is 13.2. The third-order valence-electron chi connectivity index (χ3n) is 5.42. The van der Waals surface area contributed by atoms with Crippen molar-refractivity contribution in [3.8, 4) is 5.69 Å². The summed E-state index contributed by atoms with van der Waals surface area (Å²) in [4.78, 5) is 27.1. The summed E-state index contributed by atoms with van der Waals surface area (Å²) in [5.74, 6) is -0.236. The lowest BCUT2D eigenvalue weighted by Crippen LogP contribution is -2.38. The molecule has 4 aromatic rings. The maximum absolute atomic E-state index is 13.2. The van der Waals surface area contributed by atoms with Crippen LogP contribution < -0.4 is 10.9 Å². The number of rotatable bonds is 6. The van der Waals surface area contributed by atoms with Gasteiger partial charge in [-0.25, -0.2) is 9.36 Å². The predicted octanol–water partition coefficient (Wildman–Crippen LogP) is 3.49. The van der Waals surface area contributed by atoms with Crippen LogP contribution in [0.15, 0.2) is 46.6 Å². The number of hydrogen-bond donors (Lipinski definition) is 1. The molecule has 4 rings (SSSR count). The van der Waals surface area contributed by atoms with Gasteiger partial charge >= 0.3 is 0 Å². The smallest absolute Gasteiger partial charge is 0.295 e. The number of nitrogens with one attached hydrogen (secondary N) is 1. The van der Waals surface area contributed by atoms with Crippen molar-refractivity contribution in [1.82, 2.24) is 24.9 Å². The third-order valence-corrected chi connectivity index (χ3v) is 6.36. The molecule has 0 fully saturated rings. The lowest BCUT2D eigenvalue weighted by Gasteiger charge is -2.14. The molecule has 1 aromatic carbocycles. The molecule has 0 aliphatic rings. The molecule has 0 unspecified atom stereocenters.